The molecule has 3 rings (SSSR count). The summed E-state index contributed by atoms with van der Waals surface area (Å²) in [6.45, 7) is 6.13. The van der Waals surface area contributed by atoms with Crippen LogP contribution in [0.15, 0.2) is 21.7 Å². The number of aromatic hydroxyl groups is 1. The van der Waals surface area contributed by atoms with Crippen LogP contribution < -0.4 is 5.43 Å². The molecule has 23 heavy (non-hydrogen) atoms. The number of carbonyl (C=O) groups excluding carboxylic acids is 1. The van der Waals surface area contributed by atoms with E-state index in [4.69, 9.17) is 0 Å². The summed E-state index contributed by atoms with van der Waals surface area (Å²) in [7, 11) is 0. The monoisotopic (exact) mass is 378 g/mol. The van der Waals surface area contributed by atoms with Crippen LogP contribution in [0.2, 0.25) is 0 Å². The first-order valence-electron chi connectivity index (χ1n) is 8.09. The highest BCUT2D eigenvalue weighted by atomic mass is 79.9. The van der Waals surface area contributed by atoms with Gasteiger partial charge in [-0.3, -0.25) is 4.79 Å². The molecule has 2 saturated carbocycles. The fraction of sp³-hybridized carbons (Fsp3) is 0.556. The summed E-state index contributed by atoms with van der Waals surface area (Å²) in [4.78, 5) is 12.1. The molecule has 1 aromatic carbocycles. The number of nitrogens with one attached hydrogen (secondary N) is 1. The first-order chi connectivity index (χ1) is 10.7. The highest BCUT2D eigenvalue weighted by Crippen LogP contribution is 2.65. The highest BCUT2D eigenvalue weighted by molar-refractivity contribution is 9.10. The minimum atomic E-state index is -0.176. The molecule has 1 atom stereocenters. The molecule has 5 heteroatoms. The summed E-state index contributed by atoms with van der Waals surface area (Å²) < 4.78 is 0.878. The van der Waals surface area contributed by atoms with Crippen LogP contribution in [0, 0.1) is 11.3 Å². The number of phenolic OH excluding ortho intramolecular Hbond substituents is 1. The summed E-state index contributed by atoms with van der Waals surface area (Å²) >= 11 is 3.47. The van der Waals surface area contributed by atoms with Gasteiger partial charge >= 0.3 is 0 Å². The molecule has 4 nitrogen and oxygen atoms in total. The van der Waals surface area contributed by atoms with E-state index in [9.17, 15) is 9.90 Å². The first kappa shape index (κ1) is 16.5. The van der Waals surface area contributed by atoms with Gasteiger partial charge in [-0.15, -0.1) is 0 Å². The Labute approximate surface area is 145 Å². The molecular formula is C18H23BrN2O2. The lowest BCUT2D eigenvalue weighted by Gasteiger charge is -2.25. The molecule has 0 bridgehead atoms. The van der Waals surface area contributed by atoms with Crippen molar-refractivity contribution in [2.24, 2.45) is 16.4 Å². The molecule has 1 aromatic rings. The number of rotatable bonds is 3. The van der Waals surface area contributed by atoms with Gasteiger partial charge in [0.15, 0.2) is 0 Å². The quantitative estimate of drug-likeness (QED) is 0.614. The number of nitrogens with zero attached hydrogens (tertiary/aromatic N) is 1. The van der Waals surface area contributed by atoms with Gasteiger partial charge in [0.25, 0.3) is 0 Å². The Morgan fingerprint density at radius 1 is 1.43 bits per heavy atom. The largest absolute Gasteiger partial charge is 0.507 e. The van der Waals surface area contributed by atoms with Crippen molar-refractivity contribution in [3.63, 3.8) is 0 Å². The van der Waals surface area contributed by atoms with Gasteiger partial charge in [-0.05, 0) is 42.2 Å². The van der Waals surface area contributed by atoms with Gasteiger partial charge in [-0.1, -0.05) is 43.1 Å². The molecule has 0 aromatic heterocycles. The number of amides is 1. The lowest BCUT2D eigenvalue weighted by atomic mass is 9.80. The Kier molecular flexibility index (Phi) is 4.03. The molecule has 1 spiro atoms. The zero-order valence-corrected chi connectivity index (χ0v) is 15.4. The fourth-order valence-corrected chi connectivity index (χ4v) is 3.91. The maximum atomic E-state index is 12.1. The Morgan fingerprint density at radius 2 is 2.13 bits per heavy atom. The molecule has 0 aliphatic heterocycles. The minimum absolute atomic E-state index is 0.00600. The molecule has 2 N–H and O–H groups in total. The van der Waals surface area contributed by atoms with E-state index in [-0.39, 0.29) is 23.0 Å². The van der Waals surface area contributed by atoms with Crippen molar-refractivity contribution in [1.82, 2.24) is 5.43 Å². The fourth-order valence-electron chi connectivity index (χ4n) is 3.44. The van der Waals surface area contributed by atoms with E-state index in [1.54, 1.807) is 6.07 Å². The molecule has 0 unspecified atom stereocenters. The van der Waals surface area contributed by atoms with Crippen molar-refractivity contribution in [3.8, 4) is 5.75 Å². The van der Waals surface area contributed by atoms with Gasteiger partial charge in [0.2, 0.25) is 5.91 Å². The number of hydrogen-bond acceptors (Lipinski definition) is 3. The zero-order valence-electron chi connectivity index (χ0n) is 13.8. The molecule has 2 fully saturated rings. The van der Waals surface area contributed by atoms with Crippen molar-refractivity contribution < 1.29 is 9.90 Å². The summed E-state index contributed by atoms with van der Waals surface area (Å²) in [6, 6.07) is 3.71. The van der Waals surface area contributed by atoms with Gasteiger partial charge in [0, 0.05) is 21.5 Å². The van der Waals surface area contributed by atoms with Crippen molar-refractivity contribution in [2.45, 2.75) is 51.9 Å². The number of hydrazone groups is 1. The van der Waals surface area contributed by atoms with Crippen molar-refractivity contribution in [3.05, 3.63) is 27.7 Å². The van der Waals surface area contributed by atoms with Gasteiger partial charge in [0.05, 0.1) is 6.21 Å². The van der Waals surface area contributed by atoms with E-state index in [0.29, 0.717) is 11.0 Å². The Morgan fingerprint density at radius 3 is 2.65 bits per heavy atom. The van der Waals surface area contributed by atoms with E-state index in [1.807, 2.05) is 26.8 Å². The van der Waals surface area contributed by atoms with Crippen molar-refractivity contribution in [2.75, 3.05) is 0 Å². The summed E-state index contributed by atoms with van der Waals surface area (Å²) in [6.07, 6.45) is 6.12. The van der Waals surface area contributed by atoms with Gasteiger partial charge in [-0.2, -0.15) is 5.10 Å². The maximum absolute atomic E-state index is 12.1. The van der Waals surface area contributed by atoms with Crippen LogP contribution in [-0.2, 0) is 10.2 Å². The molecule has 124 valence electrons. The minimum Gasteiger partial charge on any atom is -0.507 e. The van der Waals surface area contributed by atoms with E-state index < -0.39 is 0 Å². The highest BCUT2D eigenvalue weighted by Gasteiger charge is 2.60. The predicted octanol–water partition coefficient (Wildman–Crippen LogP) is 4.09. The molecule has 2 aliphatic rings. The number of hydrogen-bond donors (Lipinski definition) is 2. The third kappa shape index (κ3) is 3.16. The summed E-state index contributed by atoms with van der Waals surface area (Å²) in [5.74, 6) is 0.349. The van der Waals surface area contributed by atoms with Crippen LogP contribution in [0.1, 0.15) is 57.6 Å². The van der Waals surface area contributed by atoms with E-state index in [2.05, 4.69) is 26.5 Å². The normalized spacial score (nSPS) is 22.2. The van der Waals surface area contributed by atoms with Gasteiger partial charge in [-0.25, -0.2) is 5.43 Å². The van der Waals surface area contributed by atoms with E-state index >= 15 is 0 Å². The van der Waals surface area contributed by atoms with Crippen LogP contribution in [0.4, 0.5) is 0 Å². The number of phenols is 1. The predicted molar refractivity (Wildman–Crippen MR) is 94.6 cm³/mol. The van der Waals surface area contributed by atoms with Crippen LogP contribution in [0.3, 0.4) is 0 Å². The molecule has 0 radical (unpaired) electrons. The van der Waals surface area contributed by atoms with Crippen LogP contribution >= 0.6 is 15.9 Å². The number of halogens is 1. The van der Waals surface area contributed by atoms with Crippen LogP contribution in [0.5, 0.6) is 5.75 Å². The third-order valence-electron chi connectivity index (χ3n) is 5.15. The Balaban J connectivity index is 1.70. The Bertz CT molecular complexity index is 672. The second-order valence-electron chi connectivity index (χ2n) is 7.85. The molecule has 0 heterocycles. The Hall–Kier alpha value is -1.36. The standard InChI is InChI=1S/C18H23BrN2O2/c1-17(2,3)13-8-12(19)7-11(15(13)22)10-20-21-16(23)14-9-18(14)5-4-6-18/h7-8,10,14,22H,4-6,9H2,1-3H3,(H,21,23)/b20-10+/t14-/m1/s1. The van der Waals surface area contributed by atoms with Crippen LogP contribution in [0.25, 0.3) is 0 Å². The second-order valence-corrected chi connectivity index (χ2v) is 8.76. The third-order valence-corrected chi connectivity index (χ3v) is 5.60. The van der Waals surface area contributed by atoms with Crippen molar-refractivity contribution in [1.29, 1.82) is 0 Å². The molecule has 0 saturated heterocycles. The van der Waals surface area contributed by atoms with E-state index in [0.717, 1.165) is 16.5 Å². The van der Waals surface area contributed by atoms with Crippen molar-refractivity contribution >= 4 is 28.1 Å². The van der Waals surface area contributed by atoms with Crippen LogP contribution in [-0.4, -0.2) is 17.2 Å². The van der Waals surface area contributed by atoms with E-state index in [1.165, 1.54) is 25.5 Å². The summed E-state index contributed by atoms with van der Waals surface area (Å²) in [5, 5.41) is 14.5. The smallest absolute Gasteiger partial charge is 0.243 e. The second kappa shape index (κ2) is 5.62. The lowest BCUT2D eigenvalue weighted by molar-refractivity contribution is -0.123. The summed E-state index contributed by atoms with van der Waals surface area (Å²) in [5.41, 5.74) is 4.19. The zero-order chi connectivity index (χ0) is 16.8. The number of benzene rings is 1. The molecule has 1 amide bonds. The average Bonchev–Trinajstić information content (AvgIpc) is 3.16. The molecule has 2 aliphatic carbocycles. The topological polar surface area (TPSA) is 61.7 Å². The maximum Gasteiger partial charge on any atom is 0.243 e. The van der Waals surface area contributed by atoms with Gasteiger partial charge in [0.1, 0.15) is 5.75 Å². The molecular weight excluding hydrogens is 356 g/mol. The SMILES string of the molecule is CC(C)(C)c1cc(Br)cc(/C=N/NC(=O)[C@H]2CC23CCC3)c1O. The number of carbonyl (C=O) groups is 1. The first-order valence-corrected chi connectivity index (χ1v) is 8.88. The van der Waals surface area contributed by atoms with Gasteiger partial charge < -0.3 is 5.11 Å². The average molecular weight is 379 g/mol. The lowest BCUT2D eigenvalue weighted by Crippen LogP contribution is -2.26.